The molecule has 0 saturated carbocycles. The monoisotopic (exact) mass is 285 g/mol. The summed E-state index contributed by atoms with van der Waals surface area (Å²) in [4.78, 5) is 13.1. The minimum Gasteiger partial charge on any atom is -0.480 e. The van der Waals surface area contributed by atoms with Crippen LogP contribution in [0.2, 0.25) is 0 Å². The van der Waals surface area contributed by atoms with Crippen molar-refractivity contribution < 1.29 is 9.90 Å². The maximum Gasteiger partial charge on any atom is 0.323 e. The Labute approximate surface area is 125 Å². The van der Waals surface area contributed by atoms with Crippen molar-refractivity contribution in [1.82, 2.24) is 4.90 Å². The molecule has 0 spiro atoms. The second-order valence-electron chi connectivity index (χ2n) is 6.41. The van der Waals surface area contributed by atoms with Crippen molar-refractivity contribution in [2.45, 2.75) is 90.0 Å². The number of likely N-dealkylation sites (N-methyl/N-ethyl adjacent to an activating group) is 1. The van der Waals surface area contributed by atoms with Crippen molar-refractivity contribution in [2.24, 2.45) is 0 Å². The van der Waals surface area contributed by atoms with Crippen LogP contribution in [0.5, 0.6) is 0 Å². The van der Waals surface area contributed by atoms with E-state index in [1.807, 2.05) is 25.9 Å². The second kappa shape index (κ2) is 11.1. The van der Waals surface area contributed by atoms with Gasteiger partial charge in [0.05, 0.1) is 0 Å². The van der Waals surface area contributed by atoms with Gasteiger partial charge in [-0.15, -0.1) is 0 Å². The topological polar surface area (TPSA) is 40.5 Å². The van der Waals surface area contributed by atoms with Gasteiger partial charge in [-0.25, -0.2) is 0 Å². The second-order valence-corrected chi connectivity index (χ2v) is 6.41. The zero-order valence-electron chi connectivity index (χ0n) is 14.1. The molecule has 3 nitrogen and oxygen atoms in total. The Morgan fingerprint density at radius 2 is 1.30 bits per heavy atom. The standard InChI is InChI=1S/C17H35NO2/c1-5-6-7-8-9-10-11-12-13-14-15-17(2,16(19)20)18(3)4/h5-15H2,1-4H3,(H,19,20). The van der Waals surface area contributed by atoms with Gasteiger partial charge in [0.2, 0.25) is 0 Å². The van der Waals surface area contributed by atoms with Crippen LogP contribution in [-0.4, -0.2) is 35.6 Å². The maximum atomic E-state index is 11.3. The number of hydrogen-bond donors (Lipinski definition) is 1. The van der Waals surface area contributed by atoms with Crippen LogP contribution >= 0.6 is 0 Å². The molecule has 0 aliphatic rings. The lowest BCUT2D eigenvalue weighted by atomic mass is 9.92. The number of hydrogen-bond acceptors (Lipinski definition) is 2. The molecule has 0 bridgehead atoms. The van der Waals surface area contributed by atoms with E-state index in [0.29, 0.717) is 0 Å². The Morgan fingerprint density at radius 3 is 1.65 bits per heavy atom. The fraction of sp³-hybridized carbons (Fsp3) is 0.941. The summed E-state index contributed by atoms with van der Waals surface area (Å²) < 4.78 is 0. The molecule has 0 saturated heterocycles. The number of nitrogens with zero attached hydrogens (tertiary/aromatic N) is 1. The van der Waals surface area contributed by atoms with E-state index in [-0.39, 0.29) is 0 Å². The summed E-state index contributed by atoms with van der Waals surface area (Å²) in [5, 5.41) is 9.30. The lowest BCUT2D eigenvalue weighted by Crippen LogP contribution is -2.48. The Hall–Kier alpha value is -0.570. The van der Waals surface area contributed by atoms with E-state index >= 15 is 0 Å². The molecule has 0 aliphatic heterocycles. The third-order valence-corrected chi connectivity index (χ3v) is 4.46. The molecule has 0 fully saturated rings. The van der Waals surface area contributed by atoms with Gasteiger partial charge in [-0.3, -0.25) is 9.69 Å². The van der Waals surface area contributed by atoms with Crippen LogP contribution in [-0.2, 0) is 4.79 Å². The van der Waals surface area contributed by atoms with E-state index in [9.17, 15) is 9.90 Å². The average Bonchev–Trinajstić information content (AvgIpc) is 2.40. The van der Waals surface area contributed by atoms with Gasteiger partial charge in [0, 0.05) is 0 Å². The molecule has 120 valence electrons. The first-order valence-electron chi connectivity index (χ1n) is 8.36. The minimum absolute atomic E-state index is 0.708. The summed E-state index contributed by atoms with van der Waals surface area (Å²) in [7, 11) is 3.70. The third kappa shape index (κ3) is 7.88. The molecule has 3 heteroatoms. The van der Waals surface area contributed by atoms with Gasteiger partial charge >= 0.3 is 5.97 Å². The Kier molecular flexibility index (Phi) is 10.8. The first-order valence-corrected chi connectivity index (χ1v) is 8.36. The SMILES string of the molecule is CCCCCCCCCCCCC(C)(C(=O)O)N(C)C. The lowest BCUT2D eigenvalue weighted by molar-refractivity contribution is -0.149. The molecule has 0 aromatic rings. The first kappa shape index (κ1) is 19.4. The molecule has 0 heterocycles. The molecule has 0 amide bonds. The number of unbranched alkanes of at least 4 members (excludes halogenated alkanes) is 9. The molecule has 1 unspecified atom stereocenters. The van der Waals surface area contributed by atoms with E-state index < -0.39 is 11.5 Å². The number of carboxylic acid groups (broad SMARTS) is 1. The highest BCUT2D eigenvalue weighted by Crippen LogP contribution is 2.21. The number of carbonyl (C=O) groups is 1. The average molecular weight is 285 g/mol. The zero-order chi connectivity index (χ0) is 15.4. The Morgan fingerprint density at radius 1 is 0.900 bits per heavy atom. The summed E-state index contributed by atoms with van der Waals surface area (Å²) in [5.74, 6) is -0.710. The summed E-state index contributed by atoms with van der Waals surface area (Å²) in [6.07, 6.45) is 13.6. The summed E-state index contributed by atoms with van der Waals surface area (Å²) in [5.41, 5.74) is -0.708. The molecule has 0 aliphatic carbocycles. The molecular formula is C17H35NO2. The Balaban J connectivity index is 3.54. The first-order chi connectivity index (χ1) is 9.45. The smallest absolute Gasteiger partial charge is 0.323 e. The van der Waals surface area contributed by atoms with Gasteiger partial charge in [-0.05, 0) is 27.4 Å². The quantitative estimate of drug-likeness (QED) is 0.498. The summed E-state index contributed by atoms with van der Waals surface area (Å²) in [6, 6.07) is 0. The van der Waals surface area contributed by atoms with E-state index in [0.717, 1.165) is 19.3 Å². The highest BCUT2D eigenvalue weighted by atomic mass is 16.4. The number of aliphatic carboxylic acids is 1. The van der Waals surface area contributed by atoms with E-state index in [1.165, 1.54) is 51.4 Å². The van der Waals surface area contributed by atoms with Crippen LogP contribution in [0.15, 0.2) is 0 Å². The maximum absolute atomic E-state index is 11.3. The normalized spacial score (nSPS) is 14.4. The fourth-order valence-corrected chi connectivity index (χ4v) is 2.48. The largest absolute Gasteiger partial charge is 0.480 e. The van der Waals surface area contributed by atoms with Crippen molar-refractivity contribution in [3.8, 4) is 0 Å². The summed E-state index contributed by atoms with van der Waals surface area (Å²) in [6.45, 7) is 4.07. The zero-order valence-corrected chi connectivity index (χ0v) is 14.1. The van der Waals surface area contributed by atoms with Gasteiger partial charge in [-0.1, -0.05) is 71.1 Å². The fourth-order valence-electron chi connectivity index (χ4n) is 2.48. The van der Waals surface area contributed by atoms with Crippen LogP contribution in [0.1, 0.15) is 84.5 Å². The minimum atomic E-state index is -0.710. The van der Waals surface area contributed by atoms with E-state index in [2.05, 4.69) is 6.92 Å². The van der Waals surface area contributed by atoms with Crippen molar-refractivity contribution >= 4 is 5.97 Å². The van der Waals surface area contributed by atoms with Gasteiger partial charge < -0.3 is 5.11 Å². The van der Waals surface area contributed by atoms with Gasteiger partial charge in [0.15, 0.2) is 0 Å². The number of carboxylic acids is 1. The van der Waals surface area contributed by atoms with Crippen LogP contribution in [0.4, 0.5) is 0 Å². The number of rotatable bonds is 13. The van der Waals surface area contributed by atoms with Gasteiger partial charge in [0.25, 0.3) is 0 Å². The Bertz CT molecular complexity index is 253. The van der Waals surface area contributed by atoms with Crippen LogP contribution in [0, 0.1) is 0 Å². The van der Waals surface area contributed by atoms with Crippen LogP contribution in [0.3, 0.4) is 0 Å². The van der Waals surface area contributed by atoms with Crippen molar-refractivity contribution in [1.29, 1.82) is 0 Å². The van der Waals surface area contributed by atoms with Crippen LogP contribution < -0.4 is 0 Å². The molecule has 0 aromatic carbocycles. The predicted octanol–water partition coefficient (Wildman–Crippen LogP) is 4.70. The molecule has 20 heavy (non-hydrogen) atoms. The predicted molar refractivity (Wildman–Crippen MR) is 86.2 cm³/mol. The van der Waals surface area contributed by atoms with Crippen molar-refractivity contribution in [3.63, 3.8) is 0 Å². The van der Waals surface area contributed by atoms with Crippen molar-refractivity contribution in [3.05, 3.63) is 0 Å². The van der Waals surface area contributed by atoms with Gasteiger partial charge in [-0.2, -0.15) is 0 Å². The van der Waals surface area contributed by atoms with E-state index in [4.69, 9.17) is 0 Å². The molecule has 1 atom stereocenters. The summed E-state index contributed by atoms with van der Waals surface area (Å²) >= 11 is 0. The molecule has 0 rings (SSSR count). The van der Waals surface area contributed by atoms with E-state index in [1.54, 1.807) is 0 Å². The highest BCUT2D eigenvalue weighted by Gasteiger charge is 2.34. The van der Waals surface area contributed by atoms with Crippen molar-refractivity contribution in [2.75, 3.05) is 14.1 Å². The van der Waals surface area contributed by atoms with Crippen LogP contribution in [0.25, 0.3) is 0 Å². The highest BCUT2D eigenvalue weighted by molar-refractivity contribution is 5.78. The van der Waals surface area contributed by atoms with Gasteiger partial charge in [0.1, 0.15) is 5.54 Å². The molecular weight excluding hydrogens is 250 g/mol. The third-order valence-electron chi connectivity index (χ3n) is 4.46. The molecule has 0 aromatic heterocycles. The lowest BCUT2D eigenvalue weighted by Gasteiger charge is -2.32. The molecule has 0 radical (unpaired) electrons. The molecule has 1 N–H and O–H groups in total.